The van der Waals surface area contributed by atoms with Gasteiger partial charge in [0.1, 0.15) is 5.82 Å². The Morgan fingerprint density at radius 1 is 1.32 bits per heavy atom. The summed E-state index contributed by atoms with van der Waals surface area (Å²) in [6.07, 6.45) is 4.99. The summed E-state index contributed by atoms with van der Waals surface area (Å²) in [5.74, 6) is -0.539. The Morgan fingerprint density at radius 3 is 2.68 bits per heavy atom. The number of halogens is 2. The van der Waals surface area contributed by atoms with Gasteiger partial charge >= 0.3 is 0 Å². The van der Waals surface area contributed by atoms with Crippen molar-refractivity contribution in [2.45, 2.75) is 37.8 Å². The highest BCUT2D eigenvalue weighted by Crippen LogP contribution is 2.32. The number of carbonyl (C=O) groups excluding carboxylic acids is 1. The van der Waals surface area contributed by atoms with E-state index in [9.17, 15) is 14.3 Å². The van der Waals surface area contributed by atoms with Gasteiger partial charge in [-0.25, -0.2) is 4.39 Å². The molecule has 25 heavy (non-hydrogen) atoms. The predicted octanol–water partition coefficient (Wildman–Crippen LogP) is 2.92. The number of hydrogen-bond donors (Lipinski definition) is 2. The van der Waals surface area contributed by atoms with Crippen LogP contribution < -0.4 is 5.32 Å². The lowest BCUT2D eigenvalue weighted by Crippen LogP contribution is -2.48. The van der Waals surface area contributed by atoms with Crippen LogP contribution in [0.1, 0.15) is 24.0 Å². The molecule has 1 aromatic carbocycles. The Hall–Kier alpha value is -1.98. The number of rotatable bonds is 6. The topological polar surface area (TPSA) is 62.2 Å². The van der Waals surface area contributed by atoms with Gasteiger partial charge in [-0.3, -0.25) is 9.78 Å². The number of amides is 1. The smallest absolute Gasteiger partial charge is 0.224 e. The summed E-state index contributed by atoms with van der Waals surface area (Å²) in [6, 6.07) is 8.09. The highest BCUT2D eigenvalue weighted by Gasteiger charge is 2.34. The lowest BCUT2D eigenvalue weighted by molar-refractivity contribution is -0.122. The Kier molecular flexibility index (Phi) is 5.66. The van der Waals surface area contributed by atoms with E-state index in [0.29, 0.717) is 19.3 Å². The molecule has 1 aliphatic rings. The second-order valence-corrected chi connectivity index (χ2v) is 6.90. The molecule has 0 unspecified atom stereocenters. The SMILES string of the molecule is O=C(Cc1c(F)cccc1Cl)N[C@@H](Cc1ccncc1)C1CC(O)C1. The van der Waals surface area contributed by atoms with E-state index in [1.165, 1.54) is 12.1 Å². The molecule has 1 heterocycles. The molecule has 1 aliphatic carbocycles. The van der Waals surface area contributed by atoms with E-state index in [1.807, 2.05) is 12.1 Å². The molecule has 2 N–H and O–H groups in total. The van der Waals surface area contributed by atoms with Crippen molar-refractivity contribution in [2.24, 2.45) is 5.92 Å². The van der Waals surface area contributed by atoms with Crippen molar-refractivity contribution < 1.29 is 14.3 Å². The summed E-state index contributed by atoms with van der Waals surface area (Å²) in [4.78, 5) is 16.4. The largest absolute Gasteiger partial charge is 0.393 e. The van der Waals surface area contributed by atoms with Crippen LogP contribution in [0, 0.1) is 11.7 Å². The number of hydrogen-bond acceptors (Lipinski definition) is 3. The van der Waals surface area contributed by atoms with E-state index in [4.69, 9.17) is 11.6 Å². The minimum absolute atomic E-state index is 0.104. The molecule has 132 valence electrons. The first-order chi connectivity index (χ1) is 12.0. The van der Waals surface area contributed by atoms with Crippen LogP contribution in [0.5, 0.6) is 0 Å². The summed E-state index contributed by atoms with van der Waals surface area (Å²) in [5.41, 5.74) is 1.27. The van der Waals surface area contributed by atoms with Gasteiger partial charge in [0.2, 0.25) is 5.91 Å². The van der Waals surface area contributed by atoms with E-state index in [1.54, 1.807) is 18.5 Å². The molecule has 1 amide bonds. The first-order valence-corrected chi connectivity index (χ1v) is 8.70. The Balaban J connectivity index is 1.68. The number of nitrogens with one attached hydrogen (secondary N) is 1. The fourth-order valence-electron chi connectivity index (χ4n) is 3.19. The second-order valence-electron chi connectivity index (χ2n) is 6.50. The second kappa shape index (κ2) is 7.93. The lowest BCUT2D eigenvalue weighted by atomic mass is 9.75. The zero-order valence-corrected chi connectivity index (χ0v) is 14.4. The number of nitrogens with zero attached hydrogens (tertiary/aromatic N) is 1. The molecule has 0 bridgehead atoms. The van der Waals surface area contributed by atoms with Gasteiger partial charge in [-0.2, -0.15) is 0 Å². The zero-order chi connectivity index (χ0) is 17.8. The molecule has 4 nitrogen and oxygen atoms in total. The average molecular weight is 363 g/mol. The summed E-state index contributed by atoms with van der Waals surface area (Å²) < 4.78 is 13.9. The molecule has 1 saturated carbocycles. The highest BCUT2D eigenvalue weighted by molar-refractivity contribution is 6.31. The molecule has 0 saturated heterocycles. The van der Waals surface area contributed by atoms with Crippen LogP contribution in [0.3, 0.4) is 0 Å². The van der Waals surface area contributed by atoms with Crippen molar-refractivity contribution in [3.63, 3.8) is 0 Å². The molecule has 1 aromatic heterocycles. The average Bonchev–Trinajstić information content (AvgIpc) is 2.56. The van der Waals surface area contributed by atoms with Gasteiger partial charge in [-0.05, 0) is 55.0 Å². The summed E-state index contributed by atoms with van der Waals surface area (Å²) >= 11 is 6.00. The summed E-state index contributed by atoms with van der Waals surface area (Å²) in [6.45, 7) is 0. The van der Waals surface area contributed by atoms with Crippen molar-refractivity contribution >= 4 is 17.5 Å². The van der Waals surface area contributed by atoms with E-state index < -0.39 is 5.82 Å². The van der Waals surface area contributed by atoms with Gasteiger partial charge < -0.3 is 10.4 Å². The maximum atomic E-state index is 13.9. The quantitative estimate of drug-likeness (QED) is 0.830. The lowest BCUT2D eigenvalue weighted by Gasteiger charge is -2.38. The molecular formula is C19H20ClFN2O2. The van der Waals surface area contributed by atoms with Crippen molar-refractivity contribution in [2.75, 3.05) is 0 Å². The molecule has 3 rings (SSSR count). The van der Waals surface area contributed by atoms with Crippen LogP contribution in [0.25, 0.3) is 0 Å². The molecule has 6 heteroatoms. The first-order valence-electron chi connectivity index (χ1n) is 8.32. The molecule has 2 aromatic rings. The molecule has 0 radical (unpaired) electrons. The maximum absolute atomic E-state index is 13.9. The van der Waals surface area contributed by atoms with E-state index in [2.05, 4.69) is 10.3 Å². The molecule has 0 spiro atoms. The van der Waals surface area contributed by atoms with Gasteiger partial charge in [-0.15, -0.1) is 0 Å². The minimum atomic E-state index is -0.479. The van der Waals surface area contributed by atoms with Crippen molar-refractivity contribution in [3.05, 3.63) is 64.7 Å². The van der Waals surface area contributed by atoms with Gasteiger partial charge in [0, 0.05) is 29.0 Å². The van der Waals surface area contributed by atoms with Crippen LogP contribution >= 0.6 is 11.6 Å². The number of pyridine rings is 1. The standard InChI is InChI=1S/C19H20ClFN2O2/c20-16-2-1-3-17(21)15(16)11-19(25)23-18(13-9-14(24)10-13)8-12-4-6-22-7-5-12/h1-7,13-14,18,24H,8-11H2,(H,23,25)/t13?,14?,18-/m0/s1. The van der Waals surface area contributed by atoms with Crippen LogP contribution in [-0.2, 0) is 17.6 Å². The normalized spacial score (nSPS) is 20.6. The van der Waals surface area contributed by atoms with Crippen molar-refractivity contribution in [1.82, 2.24) is 10.3 Å². The van der Waals surface area contributed by atoms with Crippen LogP contribution in [0.15, 0.2) is 42.7 Å². The summed E-state index contributed by atoms with van der Waals surface area (Å²) in [7, 11) is 0. The number of aromatic nitrogens is 1. The van der Waals surface area contributed by atoms with E-state index in [0.717, 1.165) is 5.56 Å². The highest BCUT2D eigenvalue weighted by atomic mass is 35.5. The first kappa shape index (κ1) is 17.8. The third kappa shape index (κ3) is 4.55. The van der Waals surface area contributed by atoms with E-state index >= 15 is 0 Å². The van der Waals surface area contributed by atoms with Crippen LogP contribution in [0.2, 0.25) is 5.02 Å². The number of aliphatic hydroxyl groups is 1. The number of benzene rings is 1. The third-order valence-electron chi connectivity index (χ3n) is 4.67. The Morgan fingerprint density at radius 2 is 2.04 bits per heavy atom. The number of aliphatic hydroxyl groups excluding tert-OH is 1. The molecule has 0 aliphatic heterocycles. The monoisotopic (exact) mass is 362 g/mol. The van der Waals surface area contributed by atoms with E-state index in [-0.39, 0.29) is 41.0 Å². The fraction of sp³-hybridized carbons (Fsp3) is 0.368. The van der Waals surface area contributed by atoms with Gasteiger partial charge in [-0.1, -0.05) is 17.7 Å². The van der Waals surface area contributed by atoms with Gasteiger partial charge in [0.05, 0.1) is 12.5 Å². The maximum Gasteiger partial charge on any atom is 0.224 e. The van der Waals surface area contributed by atoms with Crippen LogP contribution in [-0.4, -0.2) is 28.1 Å². The Labute approximate surface area is 151 Å². The zero-order valence-electron chi connectivity index (χ0n) is 13.7. The van der Waals surface area contributed by atoms with Crippen LogP contribution in [0.4, 0.5) is 4.39 Å². The minimum Gasteiger partial charge on any atom is -0.393 e. The fourth-order valence-corrected chi connectivity index (χ4v) is 3.42. The molecule has 1 fully saturated rings. The molecule has 1 atom stereocenters. The third-order valence-corrected chi connectivity index (χ3v) is 5.02. The van der Waals surface area contributed by atoms with Crippen molar-refractivity contribution in [1.29, 1.82) is 0 Å². The van der Waals surface area contributed by atoms with Gasteiger partial charge in [0.25, 0.3) is 0 Å². The van der Waals surface area contributed by atoms with Crippen molar-refractivity contribution in [3.8, 4) is 0 Å². The summed E-state index contributed by atoms with van der Waals surface area (Å²) in [5, 5.41) is 12.8. The molecular weight excluding hydrogens is 343 g/mol. The predicted molar refractivity (Wildman–Crippen MR) is 93.7 cm³/mol. The van der Waals surface area contributed by atoms with Gasteiger partial charge in [0.15, 0.2) is 0 Å². The Bertz CT molecular complexity index is 715. The number of carbonyl (C=O) groups is 1.